The van der Waals surface area contributed by atoms with Gasteiger partial charge in [0.25, 0.3) is 5.91 Å². The number of β-lactam (4-membered cyclic amide) rings is 1. The highest BCUT2D eigenvalue weighted by molar-refractivity contribution is 7.92. The van der Waals surface area contributed by atoms with E-state index in [9.17, 15) is 38.7 Å². The van der Waals surface area contributed by atoms with E-state index in [0.717, 1.165) is 32.1 Å². The van der Waals surface area contributed by atoms with Crippen LogP contribution < -0.4 is 5.32 Å². The molecule has 1 saturated carbocycles. The van der Waals surface area contributed by atoms with Crippen LogP contribution in [0.1, 0.15) is 51.3 Å². The van der Waals surface area contributed by atoms with Gasteiger partial charge in [-0.15, -0.1) is 11.3 Å². The zero-order valence-corrected chi connectivity index (χ0v) is 26.1. The van der Waals surface area contributed by atoms with E-state index < -0.39 is 64.0 Å². The van der Waals surface area contributed by atoms with Gasteiger partial charge in [0.1, 0.15) is 23.7 Å². The fourth-order valence-electron chi connectivity index (χ4n) is 6.96. The molecule has 232 valence electrons. The van der Waals surface area contributed by atoms with Gasteiger partial charge in [0.05, 0.1) is 6.42 Å². The van der Waals surface area contributed by atoms with Crippen molar-refractivity contribution in [2.24, 2.45) is 5.41 Å². The Labute approximate surface area is 260 Å². The van der Waals surface area contributed by atoms with Gasteiger partial charge in [-0.3, -0.25) is 24.1 Å². The lowest BCUT2D eigenvalue weighted by Crippen LogP contribution is -2.75. The standard InChI is InChI=1S/C31H32N2O9S2/c1-15-11-20-23(16(2)31(8-9-31)30(3,40)26(20)36)19(15)6-7-22(35)42-13-17-14-44(41)28-24(27(37)33(28)25(17)29(38)39)32-21(34)12-18-5-4-10-43-18/h4-5,10-11,24,28,40H,6-9,12-14H2,1-3H3,(H,32,34)(H,38,39)/t24-,28-,30-,44-/m0/s1. The summed E-state index contributed by atoms with van der Waals surface area (Å²) in [6.45, 7) is 4.91. The smallest absolute Gasteiger partial charge is 0.353 e. The predicted octanol–water partition coefficient (Wildman–Crippen LogP) is 2.06. The van der Waals surface area contributed by atoms with Crippen molar-refractivity contribution in [3.63, 3.8) is 0 Å². The number of Topliss-reactive ketones (excluding diaryl/α,β-unsaturated/α-hetero) is 1. The second kappa shape index (κ2) is 10.8. The third-order valence-electron chi connectivity index (χ3n) is 9.49. The van der Waals surface area contributed by atoms with Gasteiger partial charge in [-0.25, -0.2) is 4.79 Å². The second-order valence-corrected chi connectivity index (χ2v) is 14.6. The molecule has 1 spiro atoms. The molecule has 2 amide bonds. The van der Waals surface area contributed by atoms with E-state index in [1.807, 2.05) is 19.2 Å². The van der Waals surface area contributed by atoms with Crippen molar-refractivity contribution in [2.75, 3.05) is 12.4 Å². The highest BCUT2D eigenvalue weighted by Gasteiger charge is 2.65. The van der Waals surface area contributed by atoms with Crippen LogP contribution in [0.25, 0.3) is 0 Å². The van der Waals surface area contributed by atoms with Crippen molar-refractivity contribution in [1.82, 2.24) is 10.2 Å². The van der Waals surface area contributed by atoms with E-state index in [1.165, 1.54) is 11.3 Å². The minimum atomic E-state index is -1.74. The molecule has 2 aliphatic heterocycles. The number of carbonyl (C=O) groups is 5. The lowest BCUT2D eigenvalue weighted by Gasteiger charge is -2.48. The number of carboxylic acids is 1. The Hall–Kier alpha value is -3.52. The molecule has 5 aliphatic rings. The molecule has 11 nitrogen and oxygen atoms in total. The third kappa shape index (κ3) is 4.68. The van der Waals surface area contributed by atoms with Gasteiger partial charge >= 0.3 is 11.9 Å². The highest BCUT2D eigenvalue weighted by Crippen LogP contribution is 2.65. The van der Waals surface area contributed by atoms with E-state index in [0.29, 0.717) is 18.4 Å². The molecule has 0 unspecified atom stereocenters. The second-order valence-electron chi connectivity index (χ2n) is 12.0. The quantitative estimate of drug-likeness (QED) is 0.207. The molecule has 0 aromatic carbocycles. The summed E-state index contributed by atoms with van der Waals surface area (Å²) in [5.74, 6) is -3.70. The number of nitrogens with one attached hydrogen (secondary N) is 1. The number of aliphatic carboxylic acids is 1. The van der Waals surface area contributed by atoms with Gasteiger partial charge in [-0.2, -0.15) is 0 Å². The van der Waals surface area contributed by atoms with Gasteiger partial charge in [-0.1, -0.05) is 11.6 Å². The number of nitrogens with zero attached hydrogens (tertiary/aromatic N) is 1. The summed E-state index contributed by atoms with van der Waals surface area (Å²) in [6, 6.07) is 2.47. The molecule has 44 heavy (non-hydrogen) atoms. The predicted molar refractivity (Wildman–Crippen MR) is 159 cm³/mol. The number of fused-ring (bicyclic) bond motifs is 2. The normalized spacial score (nSPS) is 28.5. The van der Waals surface area contributed by atoms with Crippen molar-refractivity contribution in [3.05, 3.63) is 67.6 Å². The fraction of sp³-hybridized carbons (Fsp3) is 0.452. The van der Waals surface area contributed by atoms with Crippen LogP contribution in [0.2, 0.25) is 0 Å². The maximum absolute atomic E-state index is 13.2. The van der Waals surface area contributed by atoms with Crippen LogP contribution in [0.3, 0.4) is 0 Å². The van der Waals surface area contributed by atoms with Gasteiger partial charge in [0.15, 0.2) is 11.8 Å². The molecule has 4 atom stereocenters. The molecule has 3 heterocycles. The minimum absolute atomic E-state index is 0.0479. The Kier molecular flexibility index (Phi) is 7.51. The van der Waals surface area contributed by atoms with Crippen LogP contribution in [0.5, 0.6) is 0 Å². The molecule has 6 rings (SSSR count). The lowest BCUT2D eigenvalue weighted by molar-refractivity contribution is -0.151. The van der Waals surface area contributed by atoms with Crippen LogP contribution >= 0.6 is 11.3 Å². The van der Waals surface area contributed by atoms with Crippen LogP contribution in [0.4, 0.5) is 0 Å². The first kappa shape index (κ1) is 30.5. The fourth-order valence-corrected chi connectivity index (χ4v) is 9.33. The molecular formula is C31H32N2O9S2. The lowest BCUT2D eigenvalue weighted by atomic mass is 9.67. The number of ketones is 1. The summed E-state index contributed by atoms with van der Waals surface area (Å²) in [7, 11) is 0. The molecule has 1 saturated heterocycles. The van der Waals surface area contributed by atoms with Crippen LogP contribution in [0, 0.1) is 5.41 Å². The molecule has 1 aromatic rings. The Balaban J connectivity index is 1.10. The van der Waals surface area contributed by atoms with E-state index in [1.54, 1.807) is 25.1 Å². The number of ether oxygens (including phenoxy) is 1. The van der Waals surface area contributed by atoms with E-state index in [4.69, 9.17) is 4.74 Å². The van der Waals surface area contributed by atoms with Crippen molar-refractivity contribution in [3.8, 4) is 0 Å². The van der Waals surface area contributed by atoms with Crippen molar-refractivity contribution < 1.29 is 43.5 Å². The Morgan fingerprint density at radius 1 is 1.25 bits per heavy atom. The first-order valence-corrected chi connectivity index (χ1v) is 16.6. The van der Waals surface area contributed by atoms with Crippen molar-refractivity contribution in [1.29, 1.82) is 0 Å². The Morgan fingerprint density at radius 3 is 2.61 bits per heavy atom. The largest absolute Gasteiger partial charge is 0.614 e. The molecule has 13 heteroatoms. The molecule has 1 aromatic heterocycles. The maximum Gasteiger partial charge on any atom is 0.353 e. The molecule has 2 fully saturated rings. The number of amides is 2. The highest BCUT2D eigenvalue weighted by atomic mass is 32.2. The average Bonchev–Trinajstić information content (AvgIpc) is 3.52. The molecule has 3 aliphatic carbocycles. The van der Waals surface area contributed by atoms with Gasteiger partial charge in [0, 0.05) is 27.9 Å². The van der Waals surface area contributed by atoms with E-state index >= 15 is 0 Å². The minimum Gasteiger partial charge on any atom is -0.614 e. The maximum atomic E-state index is 13.2. The van der Waals surface area contributed by atoms with Gasteiger partial charge in [-0.05, 0) is 85.5 Å². The monoisotopic (exact) mass is 640 g/mol. The first-order chi connectivity index (χ1) is 20.8. The summed E-state index contributed by atoms with van der Waals surface area (Å²) in [6.07, 6.45) is 3.46. The van der Waals surface area contributed by atoms with Crippen LogP contribution in [0.15, 0.2) is 62.7 Å². The number of esters is 1. The number of rotatable bonds is 9. The number of hydrogen-bond donors (Lipinski definition) is 3. The zero-order chi connectivity index (χ0) is 31.7. The van der Waals surface area contributed by atoms with Gasteiger partial charge < -0.3 is 24.8 Å². The Morgan fingerprint density at radius 2 is 1.98 bits per heavy atom. The summed E-state index contributed by atoms with van der Waals surface area (Å²) in [5.41, 5.74) is 1.49. The summed E-state index contributed by atoms with van der Waals surface area (Å²) in [4.78, 5) is 65.3. The van der Waals surface area contributed by atoms with Crippen molar-refractivity contribution in [2.45, 2.75) is 69.9 Å². The summed E-state index contributed by atoms with van der Waals surface area (Å²) >= 11 is -0.354. The number of hydrogen-bond acceptors (Lipinski definition) is 9. The topological polar surface area (TPSA) is 173 Å². The number of aliphatic hydroxyl groups is 1. The van der Waals surface area contributed by atoms with E-state index in [2.05, 4.69) is 5.32 Å². The summed E-state index contributed by atoms with van der Waals surface area (Å²) in [5, 5.41) is 24.3. The van der Waals surface area contributed by atoms with E-state index in [-0.39, 0.29) is 42.1 Å². The summed E-state index contributed by atoms with van der Waals surface area (Å²) < 4.78 is 18.5. The molecule has 0 bridgehead atoms. The number of allylic oxidation sites excluding steroid dienone is 4. The molecule has 3 N–H and O–H groups in total. The SMILES string of the molecule is CC1=C(CCC(=O)OCC2=C(C(=O)O)N3C(=O)[C@H](NC(=O)Cc4cccs4)[C@@H]3[S@@+]([O-])C2)C2=C(C)C3(CC3)[C@@](C)(O)C(=O)C2=C1. The zero-order valence-electron chi connectivity index (χ0n) is 24.4. The number of thiophene rings is 1. The van der Waals surface area contributed by atoms with Gasteiger partial charge in [0.2, 0.25) is 11.3 Å². The van der Waals surface area contributed by atoms with Crippen molar-refractivity contribution >= 4 is 52.0 Å². The Bertz CT molecular complexity index is 1630. The molecular weight excluding hydrogens is 608 g/mol. The van der Waals surface area contributed by atoms with Crippen LogP contribution in [-0.4, -0.2) is 78.6 Å². The van der Waals surface area contributed by atoms with Crippen LogP contribution in [-0.2, 0) is 46.3 Å². The first-order valence-electron chi connectivity index (χ1n) is 14.3. The number of carbonyl (C=O) groups excluding carboxylic acids is 4. The third-order valence-corrected chi connectivity index (χ3v) is 12.0. The average molecular weight is 641 g/mol. The number of carboxylic acid groups (broad SMARTS) is 1. The molecule has 0 radical (unpaired) electrons.